The Morgan fingerprint density at radius 3 is 2.25 bits per heavy atom. The Morgan fingerprint density at radius 2 is 1.65 bits per heavy atom. The second kappa shape index (κ2) is 6.64. The van der Waals surface area contributed by atoms with Gasteiger partial charge in [0.2, 0.25) is 0 Å². The number of para-hydroxylation sites is 1. The molecular formula is C15H14Cl2N2O. The summed E-state index contributed by atoms with van der Waals surface area (Å²) in [6.07, 6.45) is 0. The van der Waals surface area contributed by atoms with Crippen molar-refractivity contribution in [2.24, 2.45) is 0 Å². The minimum Gasteiger partial charge on any atom is -0.334 e. The molecule has 0 bridgehead atoms. The first-order valence-corrected chi connectivity index (χ1v) is 6.86. The molecule has 0 aliphatic carbocycles. The number of anilines is 1. The lowest BCUT2D eigenvalue weighted by Crippen LogP contribution is -2.28. The second-order valence-electron chi connectivity index (χ2n) is 4.39. The van der Waals surface area contributed by atoms with Crippen LogP contribution in [0.5, 0.6) is 0 Å². The quantitative estimate of drug-likeness (QED) is 0.853. The van der Waals surface area contributed by atoms with Gasteiger partial charge in [0.15, 0.2) is 0 Å². The smallest absolute Gasteiger partial charge is 0.319 e. The van der Waals surface area contributed by atoms with Gasteiger partial charge in [0.1, 0.15) is 0 Å². The lowest BCUT2D eigenvalue weighted by molar-refractivity contribution is 0.251. The third-order valence-corrected chi connectivity index (χ3v) is 3.40. The van der Waals surface area contributed by atoms with Crippen LogP contribution >= 0.6 is 23.2 Å². The van der Waals surface area contributed by atoms with E-state index in [1.807, 2.05) is 31.2 Å². The van der Waals surface area contributed by atoms with Crippen LogP contribution in [0.4, 0.5) is 10.5 Å². The Bertz CT molecular complexity index is 592. The summed E-state index contributed by atoms with van der Waals surface area (Å²) in [4.78, 5) is 11.8. The second-order valence-corrected chi connectivity index (χ2v) is 5.20. The zero-order chi connectivity index (χ0) is 14.5. The Hall–Kier alpha value is -1.71. The molecule has 5 heteroatoms. The van der Waals surface area contributed by atoms with E-state index < -0.39 is 0 Å². The van der Waals surface area contributed by atoms with Gasteiger partial charge < -0.3 is 10.6 Å². The molecule has 2 N–H and O–H groups in total. The molecule has 0 unspecified atom stereocenters. The van der Waals surface area contributed by atoms with Gasteiger partial charge in [-0.2, -0.15) is 0 Å². The fourth-order valence-electron chi connectivity index (χ4n) is 1.66. The topological polar surface area (TPSA) is 41.1 Å². The van der Waals surface area contributed by atoms with E-state index in [0.29, 0.717) is 22.3 Å². The summed E-state index contributed by atoms with van der Waals surface area (Å²) >= 11 is 12.0. The van der Waals surface area contributed by atoms with Crippen LogP contribution in [0.2, 0.25) is 10.0 Å². The average Bonchev–Trinajstić information content (AvgIpc) is 2.42. The summed E-state index contributed by atoms with van der Waals surface area (Å²) < 4.78 is 0. The third kappa shape index (κ3) is 3.89. The van der Waals surface area contributed by atoms with Crippen molar-refractivity contribution in [1.29, 1.82) is 0 Å². The molecule has 2 aromatic rings. The summed E-state index contributed by atoms with van der Waals surface area (Å²) in [6, 6.07) is 12.7. The summed E-state index contributed by atoms with van der Waals surface area (Å²) in [5, 5.41) is 6.21. The molecule has 2 aromatic carbocycles. The van der Waals surface area contributed by atoms with Crippen molar-refractivity contribution in [2.45, 2.75) is 13.5 Å². The van der Waals surface area contributed by atoms with Gasteiger partial charge in [-0.05, 0) is 24.6 Å². The van der Waals surface area contributed by atoms with Gasteiger partial charge in [-0.3, -0.25) is 0 Å². The van der Waals surface area contributed by atoms with Crippen molar-refractivity contribution in [2.75, 3.05) is 5.32 Å². The third-order valence-electron chi connectivity index (χ3n) is 2.77. The Kier molecular flexibility index (Phi) is 4.88. The number of hydrogen-bond acceptors (Lipinski definition) is 1. The number of halogens is 2. The standard InChI is InChI=1S/C15H14Cl2N2O/c1-10-5-7-11(8-6-10)9-18-15(20)19-14-12(16)3-2-4-13(14)17/h2-8H,9H2,1H3,(H2,18,19,20). The largest absolute Gasteiger partial charge is 0.334 e. The molecule has 0 fully saturated rings. The van der Waals surface area contributed by atoms with E-state index in [4.69, 9.17) is 23.2 Å². The van der Waals surface area contributed by atoms with Crippen LogP contribution in [-0.4, -0.2) is 6.03 Å². The fraction of sp³-hybridized carbons (Fsp3) is 0.133. The van der Waals surface area contributed by atoms with Crippen molar-refractivity contribution in [3.05, 3.63) is 63.6 Å². The van der Waals surface area contributed by atoms with E-state index >= 15 is 0 Å². The van der Waals surface area contributed by atoms with E-state index in [1.54, 1.807) is 18.2 Å². The van der Waals surface area contributed by atoms with Crippen molar-refractivity contribution >= 4 is 34.9 Å². The van der Waals surface area contributed by atoms with Gasteiger partial charge in [-0.1, -0.05) is 59.1 Å². The molecule has 104 valence electrons. The van der Waals surface area contributed by atoms with Crippen molar-refractivity contribution in [3.8, 4) is 0 Å². The summed E-state index contributed by atoms with van der Waals surface area (Å²) in [5.74, 6) is 0. The van der Waals surface area contributed by atoms with Crippen molar-refractivity contribution < 1.29 is 4.79 Å². The first kappa shape index (κ1) is 14.7. The Balaban J connectivity index is 1.94. The molecule has 20 heavy (non-hydrogen) atoms. The maximum Gasteiger partial charge on any atom is 0.319 e. The molecule has 0 aromatic heterocycles. The molecule has 0 saturated heterocycles. The van der Waals surface area contributed by atoms with Crippen LogP contribution < -0.4 is 10.6 Å². The van der Waals surface area contributed by atoms with E-state index in [2.05, 4.69) is 10.6 Å². The lowest BCUT2D eigenvalue weighted by Gasteiger charge is -2.10. The Labute approximate surface area is 127 Å². The lowest BCUT2D eigenvalue weighted by atomic mass is 10.1. The number of amides is 2. The van der Waals surface area contributed by atoms with Gasteiger partial charge in [0.25, 0.3) is 0 Å². The van der Waals surface area contributed by atoms with Gasteiger partial charge in [0, 0.05) is 6.54 Å². The monoisotopic (exact) mass is 308 g/mol. The minimum atomic E-state index is -0.347. The molecule has 0 heterocycles. The maximum absolute atomic E-state index is 11.8. The van der Waals surface area contributed by atoms with Crippen molar-refractivity contribution in [3.63, 3.8) is 0 Å². The number of urea groups is 1. The van der Waals surface area contributed by atoms with Crippen LogP contribution in [-0.2, 0) is 6.54 Å². The number of benzene rings is 2. The van der Waals surface area contributed by atoms with E-state index in [-0.39, 0.29) is 6.03 Å². The maximum atomic E-state index is 11.8. The zero-order valence-electron chi connectivity index (χ0n) is 10.9. The highest BCUT2D eigenvalue weighted by molar-refractivity contribution is 6.39. The summed E-state index contributed by atoms with van der Waals surface area (Å²) in [6.45, 7) is 2.46. The summed E-state index contributed by atoms with van der Waals surface area (Å²) in [5.41, 5.74) is 2.62. The zero-order valence-corrected chi connectivity index (χ0v) is 12.4. The van der Waals surface area contributed by atoms with E-state index in [9.17, 15) is 4.79 Å². The number of rotatable bonds is 3. The predicted molar refractivity (Wildman–Crippen MR) is 83.5 cm³/mol. The van der Waals surface area contributed by atoms with Crippen LogP contribution in [0.3, 0.4) is 0 Å². The molecule has 3 nitrogen and oxygen atoms in total. The number of aryl methyl sites for hydroxylation is 1. The van der Waals surface area contributed by atoms with Crippen LogP contribution in [0.1, 0.15) is 11.1 Å². The van der Waals surface area contributed by atoms with Gasteiger partial charge in [0.05, 0.1) is 15.7 Å². The predicted octanol–water partition coefficient (Wildman–Crippen LogP) is 4.62. The summed E-state index contributed by atoms with van der Waals surface area (Å²) in [7, 11) is 0. The molecule has 0 atom stereocenters. The number of hydrogen-bond donors (Lipinski definition) is 2. The minimum absolute atomic E-state index is 0.347. The van der Waals surface area contributed by atoms with Crippen LogP contribution in [0.25, 0.3) is 0 Å². The van der Waals surface area contributed by atoms with Gasteiger partial charge >= 0.3 is 6.03 Å². The number of nitrogens with one attached hydrogen (secondary N) is 2. The highest BCUT2D eigenvalue weighted by atomic mass is 35.5. The Morgan fingerprint density at radius 1 is 1.05 bits per heavy atom. The molecular weight excluding hydrogens is 295 g/mol. The van der Waals surface area contributed by atoms with E-state index in [0.717, 1.165) is 5.56 Å². The molecule has 0 aliphatic heterocycles. The molecule has 2 rings (SSSR count). The first-order chi connectivity index (χ1) is 9.56. The van der Waals surface area contributed by atoms with E-state index in [1.165, 1.54) is 5.56 Å². The first-order valence-electron chi connectivity index (χ1n) is 6.10. The molecule has 2 amide bonds. The normalized spacial score (nSPS) is 10.2. The molecule has 0 aliphatic rings. The molecule has 0 saturated carbocycles. The highest BCUT2D eigenvalue weighted by Gasteiger charge is 2.08. The SMILES string of the molecule is Cc1ccc(CNC(=O)Nc2c(Cl)cccc2Cl)cc1. The van der Waals surface area contributed by atoms with Crippen molar-refractivity contribution in [1.82, 2.24) is 5.32 Å². The number of carbonyl (C=O) groups is 1. The highest BCUT2D eigenvalue weighted by Crippen LogP contribution is 2.29. The van der Waals surface area contributed by atoms with Gasteiger partial charge in [-0.25, -0.2) is 4.79 Å². The van der Waals surface area contributed by atoms with Crippen LogP contribution in [0.15, 0.2) is 42.5 Å². The molecule has 0 radical (unpaired) electrons. The van der Waals surface area contributed by atoms with Gasteiger partial charge in [-0.15, -0.1) is 0 Å². The average molecular weight is 309 g/mol. The fourth-order valence-corrected chi connectivity index (χ4v) is 2.16. The molecule has 0 spiro atoms. The number of carbonyl (C=O) groups excluding carboxylic acids is 1. The van der Waals surface area contributed by atoms with Crippen LogP contribution in [0, 0.1) is 6.92 Å².